The molecule has 0 spiro atoms. The molecular weight excluding hydrogens is 562 g/mol. The summed E-state index contributed by atoms with van der Waals surface area (Å²) < 4.78 is 18.0. The summed E-state index contributed by atoms with van der Waals surface area (Å²) in [5.41, 5.74) is 1.08. The zero-order valence-electron chi connectivity index (χ0n) is 22.8. The van der Waals surface area contributed by atoms with Gasteiger partial charge in [0.15, 0.2) is 22.0 Å². The van der Waals surface area contributed by atoms with Crippen molar-refractivity contribution in [3.8, 4) is 17.2 Å². The number of thiazole rings is 1. The standard InChI is InChI=1S/C30H25N3O8S/c1-4-41-29(36)25-26(18-8-6-5-7-9-18)31-30-32(27(25)19-11-13-22(39-2)23(16-19)40-3)28(35)24(42-30)15-17-10-12-21(34)20(14-17)33(37)38/h5-16,27,34H,4H2,1-3H3/b24-15-/t27-/m0/s1. The minimum Gasteiger partial charge on any atom is -0.502 e. The summed E-state index contributed by atoms with van der Waals surface area (Å²) >= 11 is 1.07. The first-order valence-electron chi connectivity index (χ1n) is 12.7. The molecule has 0 fully saturated rings. The van der Waals surface area contributed by atoms with Crippen LogP contribution in [0, 0.1) is 10.1 Å². The lowest BCUT2D eigenvalue weighted by atomic mass is 9.93. The lowest BCUT2D eigenvalue weighted by Crippen LogP contribution is -2.40. The van der Waals surface area contributed by atoms with Crippen molar-refractivity contribution in [1.82, 2.24) is 4.57 Å². The zero-order chi connectivity index (χ0) is 30.0. The van der Waals surface area contributed by atoms with Crippen LogP contribution in [0.4, 0.5) is 5.69 Å². The molecule has 11 nitrogen and oxygen atoms in total. The monoisotopic (exact) mass is 587 g/mol. The van der Waals surface area contributed by atoms with E-state index in [9.17, 15) is 24.8 Å². The lowest BCUT2D eigenvalue weighted by Gasteiger charge is -2.26. The van der Waals surface area contributed by atoms with E-state index in [0.29, 0.717) is 38.7 Å². The Hall–Kier alpha value is -5.23. The third-order valence-electron chi connectivity index (χ3n) is 6.59. The molecule has 1 aliphatic rings. The van der Waals surface area contributed by atoms with Crippen molar-refractivity contribution < 1.29 is 29.0 Å². The number of nitro benzene ring substituents is 1. The number of phenols is 1. The van der Waals surface area contributed by atoms with Gasteiger partial charge in [-0.15, -0.1) is 0 Å². The second kappa shape index (κ2) is 11.7. The van der Waals surface area contributed by atoms with E-state index in [4.69, 9.17) is 19.2 Å². The van der Waals surface area contributed by atoms with E-state index in [1.165, 1.54) is 43.1 Å². The number of nitrogens with zero attached hydrogens (tertiary/aromatic N) is 3. The van der Waals surface area contributed by atoms with E-state index in [2.05, 4.69) is 0 Å². The molecule has 1 atom stereocenters. The van der Waals surface area contributed by atoms with Crippen LogP contribution in [0.5, 0.6) is 17.2 Å². The summed E-state index contributed by atoms with van der Waals surface area (Å²) in [7, 11) is 2.99. The maximum absolute atomic E-state index is 14.0. The van der Waals surface area contributed by atoms with Crippen molar-refractivity contribution >= 4 is 34.8 Å². The van der Waals surface area contributed by atoms with Crippen LogP contribution >= 0.6 is 11.3 Å². The first kappa shape index (κ1) is 28.3. The van der Waals surface area contributed by atoms with Crippen LogP contribution in [0.2, 0.25) is 0 Å². The highest BCUT2D eigenvalue weighted by molar-refractivity contribution is 7.07. The number of hydrogen-bond acceptors (Lipinski definition) is 10. The number of ether oxygens (including phenoxy) is 3. The van der Waals surface area contributed by atoms with Crippen molar-refractivity contribution in [2.24, 2.45) is 4.99 Å². The van der Waals surface area contributed by atoms with Gasteiger partial charge in [-0.1, -0.05) is 53.8 Å². The molecular formula is C30H25N3O8S. The van der Waals surface area contributed by atoms with Gasteiger partial charge in [-0.05, 0) is 42.3 Å². The molecule has 3 aromatic carbocycles. The van der Waals surface area contributed by atoms with E-state index in [1.54, 1.807) is 25.1 Å². The third kappa shape index (κ3) is 5.15. The number of phenolic OH excluding ortho intramolecular Hbond substituents is 1. The molecule has 0 aliphatic carbocycles. The summed E-state index contributed by atoms with van der Waals surface area (Å²) in [6.45, 7) is 1.80. The minimum atomic E-state index is -0.952. The molecule has 12 heteroatoms. The van der Waals surface area contributed by atoms with Gasteiger partial charge in [-0.3, -0.25) is 19.5 Å². The summed E-state index contributed by atoms with van der Waals surface area (Å²) in [5, 5.41) is 21.2. The minimum absolute atomic E-state index is 0.104. The molecule has 42 heavy (non-hydrogen) atoms. The molecule has 0 saturated heterocycles. The Kier molecular flexibility index (Phi) is 7.89. The van der Waals surface area contributed by atoms with Crippen molar-refractivity contribution in [2.45, 2.75) is 13.0 Å². The highest BCUT2D eigenvalue weighted by atomic mass is 32.1. The average molecular weight is 588 g/mol. The molecule has 5 rings (SSSR count). The molecule has 2 heterocycles. The molecule has 0 radical (unpaired) electrons. The highest BCUT2D eigenvalue weighted by Gasteiger charge is 2.35. The molecule has 0 bridgehead atoms. The van der Waals surface area contributed by atoms with Gasteiger partial charge in [0.25, 0.3) is 5.56 Å². The van der Waals surface area contributed by atoms with Crippen molar-refractivity contribution in [2.75, 3.05) is 20.8 Å². The largest absolute Gasteiger partial charge is 0.502 e. The molecule has 0 unspecified atom stereocenters. The van der Waals surface area contributed by atoms with Crippen LogP contribution < -0.4 is 24.4 Å². The summed E-state index contributed by atoms with van der Waals surface area (Å²) in [4.78, 5) is 43.3. The maximum atomic E-state index is 14.0. The molecule has 0 amide bonds. The van der Waals surface area contributed by atoms with Gasteiger partial charge in [-0.25, -0.2) is 9.79 Å². The van der Waals surface area contributed by atoms with Crippen LogP contribution in [0.3, 0.4) is 0 Å². The number of rotatable bonds is 8. The molecule has 1 aromatic heterocycles. The smallest absolute Gasteiger partial charge is 0.338 e. The van der Waals surface area contributed by atoms with Gasteiger partial charge >= 0.3 is 11.7 Å². The van der Waals surface area contributed by atoms with Gasteiger partial charge in [0.1, 0.15) is 0 Å². The van der Waals surface area contributed by atoms with Gasteiger partial charge < -0.3 is 19.3 Å². The van der Waals surface area contributed by atoms with E-state index in [-0.39, 0.29) is 16.7 Å². The van der Waals surface area contributed by atoms with Crippen LogP contribution in [-0.4, -0.2) is 41.4 Å². The number of hydrogen-bond donors (Lipinski definition) is 1. The average Bonchev–Trinajstić information content (AvgIpc) is 3.31. The first-order valence-corrected chi connectivity index (χ1v) is 13.6. The number of esters is 1. The number of benzene rings is 3. The van der Waals surface area contributed by atoms with Gasteiger partial charge in [-0.2, -0.15) is 0 Å². The lowest BCUT2D eigenvalue weighted by molar-refractivity contribution is -0.385. The Balaban J connectivity index is 1.83. The van der Waals surface area contributed by atoms with E-state index < -0.39 is 33.9 Å². The zero-order valence-corrected chi connectivity index (χ0v) is 23.6. The second-order valence-corrected chi connectivity index (χ2v) is 10.1. The fourth-order valence-electron chi connectivity index (χ4n) is 4.71. The number of nitro groups is 1. The van der Waals surface area contributed by atoms with E-state index in [1.807, 2.05) is 30.3 Å². The van der Waals surface area contributed by atoms with Crippen molar-refractivity contribution in [1.29, 1.82) is 0 Å². The Bertz CT molecular complexity index is 1910. The number of fused-ring (bicyclic) bond motifs is 1. The fraction of sp³-hybridized carbons (Fsp3) is 0.167. The third-order valence-corrected chi connectivity index (χ3v) is 7.57. The predicted octanol–water partition coefficient (Wildman–Crippen LogP) is 3.57. The number of carbonyl (C=O) groups excluding carboxylic acids is 1. The highest BCUT2D eigenvalue weighted by Crippen LogP contribution is 2.38. The predicted molar refractivity (Wildman–Crippen MR) is 155 cm³/mol. The number of carbonyl (C=O) groups is 1. The molecule has 214 valence electrons. The molecule has 4 aromatic rings. The normalized spacial score (nSPS) is 14.6. The Morgan fingerprint density at radius 2 is 1.83 bits per heavy atom. The summed E-state index contributed by atoms with van der Waals surface area (Å²) in [5.74, 6) is -0.260. The topological polar surface area (TPSA) is 142 Å². The van der Waals surface area contributed by atoms with Crippen molar-refractivity contribution in [3.63, 3.8) is 0 Å². The first-order chi connectivity index (χ1) is 20.3. The van der Waals surface area contributed by atoms with Crippen LogP contribution in [0.15, 0.2) is 82.1 Å². The van der Waals surface area contributed by atoms with Gasteiger partial charge in [0.05, 0.1) is 47.6 Å². The quantitative estimate of drug-likeness (QED) is 0.187. The van der Waals surface area contributed by atoms with Gasteiger partial charge in [0, 0.05) is 11.6 Å². The van der Waals surface area contributed by atoms with Crippen molar-refractivity contribution in [3.05, 3.63) is 119 Å². The Labute approximate surface area is 243 Å². The number of aromatic hydroxyl groups is 1. The molecule has 1 aliphatic heterocycles. The molecule has 1 N–H and O–H groups in total. The number of aromatic nitrogens is 1. The summed E-state index contributed by atoms with van der Waals surface area (Å²) in [6, 6.07) is 17.1. The van der Waals surface area contributed by atoms with Crippen LogP contribution in [0.1, 0.15) is 29.7 Å². The second-order valence-electron chi connectivity index (χ2n) is 9.05. The SMILES string of the molecule is CCOC(=O)C1=C(c2ccccc2)N=c2s/c(=C\c3ccc(O)c([N+](=O)[O-])c3)c(=O)n2[C@H]1c1ccc(OC)c(OC)c1. The van der Waals surface area contributed by atoms with E-state index in [0.717, 1.165) is 11.3 Å². The molecule has 0 saturated carbocycles. The Morgan fingerprint density at radius 3 is 2.50 bits per heavy atom. The summed E-state index contributed by atoms with van der Waals surface area (Å²) in [6.07, 6.45) is 1.48. The Morgan fingerprint density at radius 1 is 1.10 bits per heavy atom. The fourth-order valence-corrected chi connectivity index (χ4v) is 5.71. The van der Waals surface area contributed by atoms with Gasteiger partial charge in [0.2, 0.25) is 0 Å². The number of methoxy groups -OCH3 is 2. The van der Waals surface area contributed by atoms with Crippen LogP contribution in [0.25, 0.3) is 11.8 Å². The maximum Gasteiger partial charge on any atom is 0.338 e. The van der Waals surface area contributed by atoms with Crippen LogP contribution in [-0.2, 0) is 9.53 Å². The van der Waals surface area contributed by atoms with E-state index >= 15 is 0 Å².